The maximum Gasteiger partial charge on any atom is 0.488 e. The first-order chi connectivity index (χ1) is 7.63. The molecule has 2 N–H and O–H groups in total. The summed E-state index contributed by atoms with van der Waals surface area (Å²) < 4.78 is 15.3. The second-order valence-electron chi connectivity index (χ2n) is 3.22. The number of rotatable bonds is 5. The van der Waals surface area contributed by atoms with Gasteiger partial charge < -0.3 is 24.3 Å². The van der Waals surface area contributed by atoms with Crippen molar-refractivity contribution in [3.63, 3.8) is 0 Å². The summed E-state index contributed by atoms with van der Waals surface area (Å²) in [4.78, 5) is 0. The average molecular weight is 226 g/mol. The van der Waals surface area contributed by atoms with E-state index in [1.165, 1.54) is 20.3 Å². The standard InChI is InChI=1S/C10H15BO5/c1-14-6-7-4-8(11(12)13)5-9(15-2)10(7)16-3/h4-5,12-13H,6H2,1-3H3. The zero-order chi connectivity index (χ0) is 12.1. The summed E-state index contributed by atoms with van der Waals surface area (Å²) in [6.45, 7) is 0.306. The minimum absolute atomic E-state index is 0.306. The summed E-state index contributed by atoms with van der Waals surface area (Å²) >= 11 is 0. The van der Waals surface area contributed by atoms with E-state index in [0.717, 1.165) is 0 Å². The quantitative estimate of drug-likeness (QED) is 0.664. The predicted octanol–water partition coefficient (Wildman–Crippen LogP) is -0.470. The second kappa shape index (κ2) is 5.74. The Balaban J connectivity index is 3.25. The van der Waals surface area contributed by atoms with Crippen molar-refractivity contribution >= 4 is 12.6 Å². The lowest BCUT2D eigenvalue weighted by Crippen LogP contribution is -2.30. The molecule has 0 aliphatic carbocycles. The first kappa shape index (κ1) is 12.8. The molecule has 0 saturated heterocycles. The molecule has 0 saturated carbocycles. The van der Waals surface area contributed by atoms with Gasteiger partial charge in [0.1, 0.15) is 0 Å². The fourth-order valence-corrected chi connectivity index (χ4v) is 1.48. The van der Waals surface area contributed by atoms with Crippen LogP contribution in [-0.4, -0.2) is 38.5 Å². The zero-order valence-corrected chi connectivity index (χ0v) is 9.56. The number of methoxy groups -OCH3 is 3. The van der Waals surface area contributed by atoms with Gasteiger partial charge in [-0.25, -0.2) is 0 Å². The van der Waals surface area contributed by atoms with E-state index in [1.807, 2.05) is 0 Å². The van der Waals surface area contributed by atoms with Crippen LogP contribution in [0.4, 0.5) is 0 Å². The van der Waals surface area contributed by atoms with Crippen LogP contribution in [0.5, 0.6) is 11.5 Å². The van der Waals surface area contributed by atoms with Crippen LogP contribution in [0.3, 0.4) is 0 Å². The molecule has 0 bridgehead atoms. The Kier molecular flexibility index (Phi) is 4.60. The molecule has 88 valence electrons. The topological polar surface area (TPSA) is 68.2 Å². The highest BCUT2D eigenvalue weighted by Gasteiger charge is 2.18. The minimum Gasteiger partial charge on any atom is -0.493 e. The molecule has 0 radical (unpaired) electrons. The molecule has 1 aromatic rings. The van der Waals surface area contributed by atoms with Crippen molar-refractivity contribution in [1.29, 1.82) is 0 Å². The molecule has 1 aromatic carbocycles. The van der Waals surface area contributed by atoms with E-state index >= 15 is 0 Å². The molecule has 5 nitrogen and oxygen atoms in total. The maximum atomic E-state index is 9.12. The number of ether oxygens (including phenoxy) is 3. The molecule has 0 atom stereocenters. The molecule has 0 aliphatic heterocycles. The number of benzene rings is 1. The second-order valence-corrected chi connectivity index (χ2v) is 3.22. The highest BCUT2D eigenvalue weighted by Crippen LogP contribution is 2.30. The molecule has 6 heteroatoms. The largest absolute Gasteiger partial charge is 0.493 e. The monoisotopic (exact) mass is 226 g/mol. The molecule has 16 heavy (non-hydrogen) atoms. The molecule has 0 aliphatic rings. The summed E-state index contributed by atoms with van der Waals surface area (Å²) in [7, 11) is 3.01. The van der Waals surface area contributed by atoms with Crippen molar-refractivity contribution in [1.82, 2.24) is 0 Å². The van der Waals surface area contributed by atoms with Gasteiger partial charge in [0.2, 0.25) is 0 Å². The van der Waals surface area contributed by atoms with E-state index in [4.69, 9.17) is 24.3 Å². The summed E-state index contributed by atoms with van der Waals surface area (Å²) in [5, 5.41) is 18.2. The lowest BCUT2D eigenvalue weighted by Gasteiger charge is -2.14. The summed E-state index contributed by atoms with van der Waals surface area (Å²) in [6.07, 6.45) is 0. The SMILES string of the molecule is COCc1cc(B(O)O)cc(OC)c1OC. The lowest BCUT2D eigenvalue weighted by molar-refractivity contribution is 0.181. The van der Waals surface area contributed by atoms with E-state index in [9.17, 15) is 0 Å². The molecular formula is C10H15BO5. The van der Waals surface area contributed by atoms with Crippen LogP contribution < -0.4 is 14.9 Å². The average Bonchev–Trinajstić information content (AvgIpc) is 2.28. The molecule has 0 aromatic heterocycles. The Bertz CT molecular complexity index is 353. The third-order valence-electron chi connectivity index (χ3n) is 2.18. The van der Waals surface area contributed by atoms with E-state index in [-0.39, 0.29) is 0 Å². The molecule has 0 amide bonds. The highest BCUT2D eigenvalue weighted by atomic mass is 16.5. The van der Waals surface area contributed by atoms with Gasteiger partial charge in [-0.15, -0.1) is 0 Å². The first-order valence-electron chi connectivity index (χ1n) is 4.73. The van der Waals surface area contributed by atoms with Gasteiger partial charge in [-0.3, -0.25) is 0 Å². The normalized spacial score (nSPS) is 10.1. The van der Waals surface area contributed by atoms with Gasteiger partial charge in [-0.1, -0.05) is 6.07 Å². The van der Waals surface area contributed by atoms with Gasteiger partial charge in [-0.05, 0) is 11.5 Å². The Morgan fingerprint density at radius 3 is 2.25 bits per heavy atom. The zero-order valence-electron chi connectivity index (χ0n) is 9.56. The summed E-state index contributed by atoms with van der Waals surface area (Å²) in [6, 6.07) is 3.12. The third-order valence-corrected chi connectivity index (χ3v) is 2.18. The van der Waals surface area contributed by atoms with Crippen LogP contribution in [0.2, 0.25) is 0 Å². The van der Waals surface area contributed by atoms with Gasteiger partial charge >= 0.3 is 7.12 Å². The van der Waals surface area contributed by atoms with Gasteiger partial charge in [0, 0.05) is 12.7 Å². The summed E-state index contributed by atoms with van der Waals surface area (Å²) in [5.74, 6) is 0.980. The Labute approximate surface area is 94.7 Å². The van der Waals surface area contributed by atoms with E-state index in [1.54, 1.807) is 13.2 Å². The predicted molar refractivity (Wildman–Crippen MR) is 60.1 cm³/mol. The summed E-state index contributed by atoms with van der Waals surface area (Å²) in [5.41, 5.74) is 1.04. The molecule has 0 unspecified atom stereocenters. The van der Waals surface area contributed by atoms with Crippen molar-refractivity contribution < 1.29 is 24.3 Å². The Morgan fingerprint density at radius 2 is 1.81 bits per heavy atom. The van der Waals surface area contributed by atoms with Crippen LogP contribution in [0.15, 0.2) is 12.1 Å². The molecular weight excluding hydrogens is 211 g/mol. The lowest BCUT2D eigenvalue weighted by atomic mass is 9.79. The Hall–Kier alpha value is -1.24. The fourth-order valence-electron chi connectivity index (χ4n) is 1.48. The van der Waals surface area contributed by atoms with Crippen LogP contribution in [-0.2, 0) is 11.3 Å². The van der Waals surface area contributed by atoms with Gasteiger partial charge in [0.05, 0.1) is 20.8 Å². The van der Waals surface area contributed by atoms with Gasteiger partial charge in [-0.2, -0.15) is 0 Å². The van der Waals surface area contributed by atoms with Crippen molar-refractivity contribution in [3.8, 4) is 11.5 Å². The smallest absolute Gasteiger partial charge is 0.488 e. The Morgan fingerprint density at radius 1 is 1.12 bits per heavy atom. The van der Waals surface area contributed by atoms with Crippen molar-refractivity contribution in [2.45, 2.75) is 6.61 Å². The highest BCUT2D eigenvalue weighted by molar-refractivity contribution is 6.58. The van der Waals surface area contributed by atoms with Crippen molar-refractivity contribution in [2.75, 3.05) is 21.3 Å². The molecule has 0 spiro atoms. The van der Waals surface area contributed by atoms with Crippen molar-refractivity contribution in [2.24, 2.45) is 0 Å². The minimum atomic E-state index is -1.55. The maximum absolute atomic E-state index is 9.12. The first-order valence-corrected chi connectivity index (χ1v) is 4.73. The van der Waals surface area contributed by atoms with Crippen LogP contribution in [0.25, 0.3) is 0 Å². The van der Waals surface area contributed by atoms with Crippen LogP contribution in [0, 0.1) is 0 Å². The van der Waals surface area contributed by atoms with E-state index in [0.29, 0.717) is 29.1 Å². The van der Waals surface area contributed by atoms with Crippen molar-refractivity contribution in [3.05, 3.63) is 17.7 Å². The van der Waals surface area contributed by atoms with E-state index in [2.05, 4.69) is 0 Å². The molecule has 1 rings (SSSR count). The van der Waals surface area contributed by atoms with Gasteiger partial charge in [0.15, 0.2) is 11.5 Å². The number of hydrogen-bond donors (Lipinski definition) is 2. The molecule has 0 heterocycles. The third kappa shape index (κ3) is 2.66. The molecule has 0 fully saturated rings. The van der Waals surface area contributed by atoms with E-state index < -0.39 is 7.12 Å². The van der Waals surface area contributed by atoms with Gasteiger partial charge in [0.25, 0.3) is 0 Å². The van der Waals surface area contributed by atoms with Crippen LogP contribution in [0.1, 0.15) is 5.56 Å². The number of hydrogen-bond acceptors (Lipinski definition) is 5. The van der Waals surface area contributed by atoms with Crippen LogP contribution >= 0.6 is 0 Å². The fraction of sp³-hybridized carbons (Fsp3) is 0.400.